The van der Waals surface area contributed by atoms with Crippen molar-refractivity contribution in [3.05, 3.63) is 59.8 Å². The van der Waals surface area contributed by atoms with Crippen molar-refractivity contribution in [3.63, 3.8) is 0 Å². The van der Waals surface area contributed by atoms with Crippen LogP contribution in [0.1, 0.15) is 36.2 Å². The number of aromatic nitrogens is 3. The van der Waals surface area contributed by atoms with E-state index in [2.05, 4.69) is 19.9 Å². The molecule has 26 heavy (non-hydrogen) atoms. The fraction of sp³-hybridized carbons (Fsp3) is 0.421. The highest BCUT2D eigenvalue weighted by molar-refractivity contribution is 5.75. The van der Waals surface area contributed by atoms with Crippen LogP contribution in [0.15, 0.2) is 37.1 Å². The number of rotatable bonds is 4. The van der Waals surface area contributed by atoms with Gasteiger partial charge in [-0.15, -0.1) is 0 Å². The van der Waals surface area contributed by atoms with Crippen LogP contribution in [0.3, 0.4) is 0 Å². The number of likely N-dealkylation sites (tertiary alicyclic amines) is 1. The van der Waals surface area contributed by atoms with Crippen LogP contribution in [0, 0.1) is 5.82 Å². The van der Waals surface area contributed by atoms with Crippen LogP contribution < -0.4 is 5.73 Å². The number of pyridine rings is 1. The second-order valence-electron chi connectivity index (χ2n) is 6.91. The summed E-state index contributed by atoms with van der Waals surface area (Å²) in [6, 6.07) is 1.57. The Bertz CT molecular complexity index is 794. The van der Waals surface area contributed by atoms with Crippen LogP contribution in [0.2, 0.25) is 0 Å². The van der Waals surface area contributed by atoms with Gasteiger partial charge in [0.25, 0.3) is 0 Å². The van der Waals surface area contributed by atoms with Gasteiger partial charge in [-0.25, -0.2) is 14.4 Å². The maximum Gasteiger partial charge on any atom is 0.161 e. The molecule has 0 aromatic carbocycles. The molecule has 0 atom stereocenters. The highest BCUT2D eigenvalue weighted by atomic mass is 19.1. The Labute approximate surface area is 151 Å². The predicted octanol–water partition coefficient (Wildman–Crippen LogP) is 2.11. The topological polar surface area (TPSA) is 77.2 Å². The molecule has 136 valence electrons. The fourth-order valence-electron chi connectivity index (χ4n) is 3.62. The predicted molar refractivity (Wildman–Crippen MR) is 95.3 cm³/mol. The van der Waals surface area contributed by atoms with E-state index in [9.17, 15) is 4.39 Å². The molecule has 2 N–H and O–H groups in total. The Morgan fingerprint density at radius 2 is 1.96 bits per heavy atom. The second-order valence-corrected chi connectivity index (χ2v) is 6.91. The minimum absolute atomic E-state index is 0.159. The maximum atomic E-state index is 14.0. The Kier molecular flexibility index (Phi) is 4.65. The lowest BCUT2D eigenvalue weighted by Gasteiger charge is -2.47. The van der Waals surface area contributed by atoms with Crippen LogP contribution in [0.25, 0.3) is 5.57 Å². The normalized spacial score (nSPS) is 20.1. The average Bonchev–Trinajstić information content (AvgIpc) is 2.65. The highest BCUT2D eigenvalue weighted by Crippen LogP contribution is 2.36. The molecule has 2 aliphatic rings. The number of hydrogen-bond donors (Lipinski definition) is 1. The Morgan fingerprint density at radius 1 is 1.23 bits per heavy atom. The van der Waals surface area contributed by atoms with Gasteiger partial charge in [-0.2, -0.15) is 0 Å². The van der Waals surface area contributed by atoms with Gasteiger partial charge in [-0.1, -0.05) is 0 Å². The van der Waals surface area contributed by atoms with Crippen molar-refractivity contribution < 1.29 is 9.13 Å². The van der Waals surface area contributed by atoms with Crippen molar-refractivity contribution in [1.82, 2.24) is 19.9 Å². The third kappa shape index (κ3) is 3.32. The largest absolute Gasteiger partial charge is 0.404 e. The molecule has 4 heterocycles. The van der Waals surface area contributed by atoms with Crippen LogP contribution in [0.5, 0.6) is 0 Å². The minimum Gasteiger partial charge on any atom is -0.404 e. The van der Waals surface area contributed by atoms with E-state index in [-0.39, 0.29) is 5.60 Å². The molecule has 2 fully saturated rings. The Balaban J connectivity index is 1.42. The molecule has 2 saturated heterocycles. The van der Waals surface area contributed by atoms with Crippen LogP contribution >= 0.6 is 0 Å². The summed E-state index contributed by atoms with van der Waals surface area (Å²) in [6.07, 6.45) is 11.0. The van der Waals surface area contributed by atoms with Gasteiger partial charge in [0, 0.05) is 61.1 Å². The molecule has 1 spiro atoms. The van der Waals surface area contributed by atoms with Crippen LogP contribution in [-0.2, 0) is 11.3 Å². The van der Waals surface area contributed by atoms with Gasteiger partial charge in [-0.3, -0.25) is 9.88 Å². The molecule has 7 heteroatoms. The van der Waals surface area contributed by atoms with E-state index in [4.69, 9.17) is 10.5 Å². The summed E-state index contributed by atoms with van der Waals surface area (Å²) < 4.78 is 19.7. The maximum absolute atomic E-state index is 14.0. The average molecular weight is 355 g/mol. The van der Waals surface area contributed by atoms with Gasteiger partial charge in [0.15, 0.2) is 5.82 Å². The summed E-state index contributed by atoms with van der Waals surface area (Å²) in [7, 11) is 0. The van der Waals surface area contributed by atoms with Crippen LogP contribution in [0.4, 0.5) is 4.39 Å². The van der Waals surface area contributed by atoms with Gasteiger partial charge < -0.3 is 10.5 Å². The first-order valence-electron chi connectivity index (χ1n) is 8.88. The molecule has 0 radical (unpaired) electrons. The first kappa shape index (κ1) is 17.1. The quantitative estimate of drug-likeness (QED) is 0.905. The first-order valence-corrected chi connectivity index (χ1v) is 8.88. The fourth-order valence-corrected chi connectivity index (χ4v) is 3.62. The molecule has 2 aromatic rings. The lowest BCUT2D eigenvalue weighted by molar-refractivity contribution is -0.173. The third-order valence-electron chi connectivity index (χ3n) is 5.31. The number of nitrogens with zero attached hydrogens (tertiary/aromatic N) is 4. The standard InChI is InChI=1S/C19H22FN5O/c20-17-12-22-5-1-15(17)16(9-21)18-23-10-14(11-24-18)13-25-6-2-19(3-7-25)4-8-26-19/h1,5,9-12H,2-4,6-8,13,21H2/b16-9-. The first-order chi connectivity index (χ1) is 12.7. The molecule has 2 aliphatic heterocycles. The number of ether oxygens (including phenoxy) is 1. The zero-order valence-corrected chi connectivity index (χ0v) is 14.6. The van der Waals surface area contributed by atoms with Crippen molar-refractivity contribution in [2.45, 2.75) is 31.4 Å². The molecule has 0 bridgehead atoms. The summed E-state index contributed by atoms with van der Waals surface area (Å²) in [5.41, 5.74) is 7.68. The summed E-state index contributed by atoms with van der Waals surface area (Å²) in [4.78, 5) is 14.9. The van der Waals surface area contributed by atoms with E-state index in [0.29, 0.717) is 17.0 Å². The molecular formula is C19H22FN5O. The molecular weight excluding hydrogens is 333 g/mol. The minimum atomic E-state index is -0.447. The summed E-state index contributed by atoms with van der Waals surface area (Å²) in [6.45, 7) is 3.77. The lowest BCUT2D eigenvalue weighted by Crippen LogP contribution is -2.52. The van der Waals surface area contributed by atoms with Crippen molar-refractivity contribution >= 4 is 5.57 Å². The third-order valence-corrected chi connectivity index (χ3v) is 5.31. The van der Waals surface area contributed by atoms with Crippen molar-refractivity contribution in [2.24, 2.45) is 5.73 Å². The van der Waals surface area contributed by atoms with Gasteiger partial charge in [0.1, 0.15) is 5.82 Å². The number of hydrogen-bond acceptors (Lipinski definition) is 6. The summed E-state index contributed by atoms with van der Waals surface area (Å²) in [5, 5.41) is 0. The van der Waals surface area contributed by atoms with E-state index in [0.717, 1.165) is 50.8 Å². The number of nitrogens with two attached hydrogens (primary N) is 1. The lowest BCUT2D eigenvalue weighted by atomic mass is 9.84. The SMILES string of the molecule is N/C=C(\c1ncc(CN2CCC3(CCO3)CC2)cn1)c1ccncc1F. The van der Waals surface area contributed by atoms with Crippen molar-refractivity contribution in [3.8, 4) is 0 Å². The van der Waals surface area contributed by atoms with Crippen molar-refractivity contribution in [1.29, 1.82) is 0 Å². The highest BCUT2D eigenvalue weighted by Gasteiger charge is 2.40. The molecule has 0 amide bonds. The van der Waals surface area contributed by atoms with Gasteiger partial charge in [-0.05, 0) is 25.3 Å². The Morgan fingerprint density at radius 3 is 2.54 bits per heavy atom. The molecule has 0 unspecified atom stereocenters. The van der Waals surface area contributed by atoms with E-state index < -0.39 is 5.82 Å². The van der Waals surface area contributed by atoms with E-state index >= 15 is 0 Å². The zero-order chi connectivity index (χ0) is 18.0. The molecule has 2 aromatic heterocycles. The van der Waals surface area contributed by atoms with Crippen LogP contribution in [-0.4, -0.2) is 45.1 Å². The van der Waals surface area contributed by atoms with E-state index in [1.54, 1.807) is 18.5 Å². The molecule has 0 saturated carbocycles. The second kappa shape index (κ2) is 7.09. The molecule has 6 nitrogen and oxygen atoms in total. The van der Waals surface area contributed by atoms with E-state index in [1.165, 1.54) is 18.8 Å². The number of piperidine rings is 1. The molecule has 0 aliphatic carbocycles. The van der Waals surface area contributed by atoms with Gasteiger partial charge in [0.05, 0.1) is 18.4 Å². The zero-order valence-electron chi connectivity index (χ0n) is 14.6. The van der Waals surface area contributed by atoms with Gasteiger partial charge in [0.2, 0.25) is 0 Å². The summed E-state index contributed by atoms with van der Waals surface area (Å²) >= 11 is 0. The monoisotopic (exact) mass is 355 g/mol. The van der Waals surface area contributed by atoms with Crippen molar-refractivity contribution in [2.75, 3.05) is 19.7 Å². The van der Waals surface area contributed by atoms with Gasteiger partial charge >= 0.3 is 0 Å². The smallest absolute Gasteiger partial charge is 0.161 e. The molecule has 4 rings (SSSR count). The summed E-state index contributed by atoms with van der Waals surface area (Å²) in [5.74, 6) is -0.0425. The van der Waals surface area contributed by atoms with E-state index in [1.807, 2.05) is 0 Å². The number of halogens is 1. The Hall–Kier alpha value is -2.38.